The summed E-state index contributed by atoms with van der Waals surface area (Å²) in [5, 5.41) is 9.08. The van der Waals surface area contributed by atoms with Crippen molar-refractivity contribution in [1.82, 2.24) is 0 Å². The van der Waals surface area contributed by atoms with Crippen molar-refractivity contribution in [1.29, 1.82) is 5.26 Å². The van der Waals surface area contributed by atoms with Crippen LogP contribution in [0.1, 0.15) is 61.3 Å². The van der Waals surface area contributed by atoms with Crippen LogP contribution in [0, 0.1) is 29.1 Å². The van der Waals surface area contributed by atoms with Crippen LogP contribution in [-0.4, -0.2) is 14.9 Å². The summed E-state index contributed by atoms with van der Waals surface area (Å²) >= 11 is 0. The van der Waals surface area contributed by atoms with Gasteiger partial charge >= 0.3 is 0 Å². The molecule has 3 heteroatoms. The summed E-state index contributed by atoms with van der Waals surface area (Å²) in [5.41, 5.74) is 1.13. The first-order valence-electron chi connectivity index (χ1n) is 7.69. The van der Waals surface area contributed by atoms with Crippen LogP contribution in [0.4, 0.5) is 0 Å². The summed E-state index contributed by atoms with van der Waals surface area (Å²) in [6, 6.07) is 2.21. The van der Waals surface area contributed by atoms with Gasteiger partial charge in [0.1, 0.15) is 5.41 Å². The Morgan fingerprint density at radius 1 is 1.10 bits per heavy atom. The summed E-state index contributed by atoms with van der Waals surface area (Å²) < 4.78 is 6.46. The van der Waals surface area contributed by atoms with Crippen molar-refractivity contribution < 1.29 is 4.43 Å². The van der Waals surface area contributed by atoms with E-state index in [0.717, 1.165) is 13.0 Å². The van der Waals surface area contributed by atoms with E-state index in [-0.39, 0.29) is 0 Å². The Labute approximate surface area is 127 Å². The fraction of sp³-hybridized carbons (Fsp3) is 0.824. The number of nitriles is 1. The standard InChI is InChI=1S/C17H31NOSi/c1-9-17(8,13-18)11-10-12-19-20(14(2)3,15(4)5)16(6)7/h1,14-16H,10-12H2,2-8H3/t17-/m1/s1. The SMILES string of the molecule is C#C[C@@](C)(C#N)CCCO[Si](C(C)C)(C(C)C)C(C)C. The summed E-state index contributed by atoms with van der Waals surface area (Å²) in [5.74, 6) is 2.59. The van der Waals surface area contributed by atoms with Gasteiger partial charge in [0.25, 0.3) is 0 Å². The summed E-state index contributed by atoms with van der Waals surface area (Å²) in [7, 11) is -1.78. The van der Waals surface area contributed by atoms with Gasteiger partial charge in [0, 0.05) is 6.61 Å². The zero-order valence-corrected chi connectivity index (χ0v) is 15.3. The third kappa shape index (κ3) is 4.37. The highest BCUT2D eigenvalue weighted by Gasteiger charge is 2.44. The van der Waals surface area contributed by atoms with Gasteiger partial charge in [0.05, 0.1) is 6.07 Å². The van der Waals surface area contributed by atoms with Crippen molar-refractivity contribution in [3.05, 3.63) is 0 Å². The van der Waals surface area contributed by atoms with Crippen molar-refractivity contribution in [2.24, 2.45) is 5.41 Å². The zero-order chi connectivity index (χ0) is 16.0. The van der Waals surface area contributed by atoms with Crippen LogP contribution in [-0.2, 0) is 4.43 Å². The molecule has 0 aromatic rings. The molecule has 0 saturated carbocycles. The molecule has 0 radical (unpaired) electrons. The maximum absolute atomic E-state index is 9.08. The quantitative estimate of drug-likeness (QED) is 0.353. The minimum Gasteiger partial charge on any atom is -0.416 e. The van der Waals surface area contributed by atoms with Crippen LogP contribution in [0.25, 0.3) is 0 Å². The first-order chi connectivity index (χ1) is 9.16. The normalized spacial score (nSPS) is 15.2. The molecule has 114 valence electrons. The van der Waals surface area contributed by atoms with Gasteiger partial charge in [-0.3, -0.25) is 0 Å². The van der Waals surface area contributed by atoms with Gasteiger partial charge in [0.15, 0.2) is 8.32 Å². The smallest absolute Gasteiger partial charge is 0.200 e. The van der Waals surface area contributed by atoms with E-state index in [2.05, 4.69) is 53.5 Å². The van der Waals surface area contributed by atoms with E-state index in [1.807, 2.05) is 6.92 Å². The monoisotopic (exact) mass is 293 g/mol. The molecule has 0 rings (SSSR count). The van der Waals surface area contributed by atoms with Gasteiger partial charge in [-0.05, 0) is 36.4 Å². The topological polar surface area (TPSA) is 33.0 Å². The molecule has 0 heterocycles. The lowest BCUT2D eigenvalue weighted by atomic mass is 9.88. The van der Waals surface area contributed by atoms with Gasteiger partial charge in [-0.1, -0.05) is 47.5 Å². The predicted octanol–water partition coefficient (Wildman–Crippen LogP) is 5.12. The van der Waals surface area contributed by atoms with Gasteiger partial charge < -0.3 is 4.43 Å². The third-order valence-electron chi connectivity index (χ3n) is 4.45. The number of hydrogen-bond donors (Lipinski definition) is 0. The lowest BCUT2D eigenvalue weighted by Crippen LogP contribution is -2.48. The highest BCUT2D eigenvalue weighted by atomic mass is 28.4. The van der Waals surface area contributed by atoms with Gasteiger partial charge in [-0.15, -0.1) is 6.42 Å². The minimum absolute atomic E-state index is 0.595. The Bertz CT molecular complexity index is 338. The van der Waals surface area contributed by atoms with Crippen LogP contribution >= 0.6 is 0 Å². The van der Waals surface area contributed by atoms with Crippen molar-refractivity contribution in [3.63, 3.8) is 0 Å². The molecule has 1 atom stereocenters. The molecule has 0 amide bonds. The highest BCUT2D eigenvalue weighted by molar-refractivity contribution is 6.77. The minimum atomic E-state index is -1.78. The molecular weight excluding hydrogens is 262 g/mol. The van der Waals surface area contributed by atoms with E-state index < -0.39 is 13.7 Å². The summed E-state index contributed by atoms with van der Waals surface area (Å²) in [6.45, 7) is 16.3. The Morgan fingerprint density at radius 3 is 1.85 bits per heavy atom. The van der Waals surface area contributed by atoms with Crippen molar-refractivity contribution in [3.8, 4) is 18.4 Å². The Kier molecular flexibility index (Phi) is 7.56. The molecule has 0 aliphatic rings. The average Bonchev–Trinajstić information content (AvgIpc) is 2.37. The third-order valence-corrected chi connectivity index (χ3v) is 10.6. The second-order valence-electron chi connectivity index (χ2n) is 6.86. The van der Waals surface area contributed by atoms with Crippen LogP contribution in [0.3, 0.4) is 0 Å². The number of nitrogens with zero attached hydrogens (tertiary/aromatic N) is 1. The lowest BCUT2D eigenvalue weighted by molar-refractivity contribution is 0.259. The van der Waals surface area contributed by atoms with E-state index in [1.165, 1.54) is 0 Å². The second kappa shape index (κ2) is 7.86. The van der Waals surface area contributed by atoms with Gasteiger partial charge in [-0.25, -0.2) is 0 Å². The number of rotatable bonds is 8. The first-order valence-corrected chi connectivity index (χ1v) is 9.83. The van der Waals surface area contributed by atoms with Crippen LogP contribution in [0.15, 0.2) is 0 Å². The largest absolute Gasteiger partial charge is 0.416 e. The molecule has 0 fully saturated rings. The molecule has 0 aromatic heterocycles. The Hall–Kier alpha value is -0.773. The van der Waals surface area contributed by atoms with Gasteiger partial charge in [-0.2, -0.15) is 5.26 Å². The van der Waals surface area contributed by atoms with E-state index in [4.69, 9.17) is 16.1 Å². The number of terminal acetylenes is 1. The molecule has 0 aromatic carbocycles. The fourth-order valence-corrected chi connectivity index (χ4v) is 8.83. The molecule has 0 spiro atoms. The molecule has 0 N–H and O–H groups in total. The lowest BCUT2D eigenvalue weighted by Gasteiger charge is -2.42. The Morgan fingerprint density at radius 2 is 1.55 bits per heavy atom. The molecular formula is C17H31NOSi. The molecule has 2 nitrogen and oxygen atoms in total. The van der Waals surface area contributed by atoms with Crippen molar-refractivity contribution >= 4 is 8.32 Å². The van der Waals surface area contributed by atoms with Crippen LogP contribution < -0.4 is 0 Å². The molecule has 0 saturated heterocycles. The van der Waals surface area contributed by atoms with Gasteiger partial charge in [0.2, 0.25) is 0 Å². The molecule has 0 unspecified atom stereocenters. The Balaban J connectivity index is 4.68. The summed E-state index contributed by atoms with van der Waals surface area (Å²) in [4.78, 5) is 0. The van der Waals surface area contributed by atoms with E-state index in [0.29, 0.717) is 23.0 Å². The zero-order valence-electron chi connectivity index (χ0n) is 14.3. The molecule has 0 bridgehead atoms. The van der Waals surface area contributed by atoms with Crippen LogP contribution in [0.5, 0.6) is 0 Å². The average molecular weight is 294 g/mol. The van der Waals surface area contributed by atoms with E-state index in [9.17, 15) is 0 Å². The maximum atomic E-state index is 9.08. The second-order valence-corrected chi connectivity index (χ2v) is 12.3. The maximum Gasteiger partial charge on any atom is 0.200 e. The summed E-state index contributed by atoms with van der Waals surface area (Å²) in [6.07, 6.45) is 6.99. The van der Waals surface area contributed by atoms with Crippen LogP contribution in [0.2, 0.25) is 16.6 Å². The van der Waals surface area contributed by atoms with Crippen molar-refractivity contribution in [2.75, 3.05) is 6.61 Å². The van der Waals surface area contributed by atoms with Crippen molar-refractivity contribution in [2.45, 2.75) is 77.9 Å². The van der Waals surface area contributed by atoms with E-state index in [1.54, 1.807) is 0 Å². The fourth-order valence-electron chi connectivity index (χ4n) is 3.34. The molecule has 0 aliphatic heterocycles. The first kappa shape index (κ1) is 19.2. The highest BCUT2D eigenvalue weighted by Crippen LogP contribution is 2.42. The predicted molar refractivity (Wildman–Crippen MR) is 88.8 cm³/mol. The molecule has 0 aliphatic carbocycles. The molecule has 20 heavy (non-hydrogen) atoms. The number of hydrogen-bond acceptors (Lipinski definition) is 2. The van der Waals surface area contributed by atoms with E-state index >= 15 is 0 Å².